The average Bonchev–Trinajstić information content (AvgIpc) is 3.17. The van der Waals surface area contributed by atoms with E-state index in [1.54, 1.807) is 17.1 Å². The smallest absolute Gasteiger partial charge is 0.257 e. The Morgan fingerprint density at radius 3 is 2.86 bits per heavy atom. The minimum Gasteiger partial charge on any atom is -0.395 e. The largest absolute Gasteiger partial charge is 0.395 e. The van der Waals surface area contributed by atoms with Crippen LogP contribution in [0.1, 0.15) is 19.8 Å². The van der Waals surface area contributed by atoms with Crippen LogP contribution < -0.4 is 10.2 Å². The highest BCUT2D eigenvalue weighted by atomic mass is 16.3. The molecule has 0 amide bonds. The third kappa shape index (κ3) is 3.10. The van der Waals surface area contributed by atoms with Gasteiger partial charge in [0.25, 0.3) is 5.95 Å². The van der Waals surface area contributed by atoms with Gasteiger partial charge in [-0.15, -0.1) is 0 Å². The van der Waals surface area contributed by atoms with Gasteiger partial charge in [-0.1, -0.05) is 0 Å². The van der Waals surface area contributed by atoms with E-state index in [4.69, 9.17) is 0 Å². The Bertz CT molecular complexity index is 582. The lowest BCUT2D eigenvalue weighted by molar-refractivity contribution is 0.300. The van der Waals surface area contributed by atoms with E-state index in [1.807, 2.05) is 17.9 Å². The second-order valence-electron chi connectivity index (χ2n) is 4.89. The van der Waals surface area contributed by atoms with Crippen molar-refractivity contribution in [2.75, 3.05) is 29.9 Å². The van der Waals surface area contributed by atoms with Crippen LogP contribution >= 0.6 is 0 Å². The summed E-state index contributed by atoms with van der Waals surface area (Å²) in [6, 6.07) is 2.24. The highest BCUT2D eigenvalue weighted by Crippen LogP contribution is 2.29. The molecule has 2 aromatic rings. The third-order valence-corrected chi connectivity index (χ3v) is 3.24. The summed E-state index contributed by atoms with van der Waals surface area (Å²) < 4.78 is 1.61. The van der Waals surface area contributed by atoms with Gasteiger partial charge in [0, 0.05) is 31.5 Å². The fraction of sp³-hybridized carbons (Fsp3) is 0.538. The summed E-state index contributed by atoms with van der Waals surface area (Å²) in [5, 5.41) is 16.5. The lowest BCUT2D eigenvalue weighted by atomic mass is 10.5. The van der Waals surface area contributed by atoms with Crippen LogP contribution in [0.5, 0.6) is 0 Å². The fourth-order valence-corrected chi connectivity index (χ4v) is 2.15. The molecule has 2 heterocycles. The van der Waals surface area contributed by atoms with E-state index < -0.39 is 0 Å². The molecule has 1 saturated carbocycles. The zero-order valence-corrected chi connectivity index (χ0v) is 12.0. The number of anilines is 2. The van der Waals surface area contributed by atoms with Crippen molar-refractivity contribution >= 4 is 11.9 Å². The lowest BCUT2D eigenvalue weighted by Crippen LogP contribution is -2.31. The first-order valence-corrected chi connectivity index (χ1v) is 7.19. The first-order chi connectivity index (χ1) is 10.3. The normalized spacial score (nSPS) is 14.2. The van der Waals surface area contributed by atoms with Crippen LogP contribution in [0.3, 0.4) is 0 Å². The molecule has 0 radical (unpaired) electrons. The molecule has 0 aromatic carbocycles. The maximum absolute atomic E-state index is 9.25. The van der Waals surface area contributed by atoms with Crippen molar-refractivity contribution in [3.05, 3.63) is 18.5 Å². The van der Waals surface area contributed by atoms with Crippen molar-refractivity contribution in [1.29, 1.82) is 0 Å². The Morgan fingerprint density at radius 2 is 2.24 bits per heavy atom. The molecule has 8 nitrogen and oxygen atoms in total. The zero-order chi connectivity index (χ0) is 14.7. The summed E-state index contributed by atoms with van der Waals surface area (Å²) in [5.41, 5.74) is 0. The van der Waals surface area contributed by atoms with Crippen molar-refractivity contribution in [2.45, 2.75) is 25.8 Å². The molecule has 0 aliphatic heterocycles. The van der Waals surface area contributed by atoms with E-state index in [9.17, 15) is 5.11 Å². The molecule has 1 fully saturated rings. The molecule has 3 rings (SSSR count). The molecular formula is C13H19N7O. The second-order valence-corrected chi connectivity index (χ2v) is 4.89. The molecule has 0 atom stereocenters. The molecule has 2 aromatic heterocycles. The maximum atomic E-state index is 9.25. The van der Waals surface area contributed by atoms with Gasteiger partial charge >= 0.3 is 0 Å². The minimum absolute atomic E-state index is 0.0792. The van der Waals surface area contributed by atoms with Gasteiger partial charge in [0.2, 0.25) is 11.9 Å². The number of aliphatic hydroxyl groups is 1. The topological polar surface area (TPSA) is 92.0 Å². The summed E-state index contributed by atoms with van der Waals surface area (Å²) in [6.07, 6.45) is 5.70. The van der Waals surface area contributed by atoms with Crippen LogP contribution in [-0.2, 0) is 0 Å². The molecule has 0 saturated heterocycles. The molecule has 1 aliphatic carbocycles. The molecule has 8 heteroatoms. The zero-order valence-electron chi connectivity index (χ0n) is 12.0. The molecular weight excluding hydrogens is 270 g/mol. The number of nitrogens with one attached hydrogen (secondary N) is 1. The second kappa shape index (κ2) is 6.04. The van der Waals surface area contributed by atoms with Crippen LogP contribution in [0.25, 0.3) is 5.95 Å². The monoisotopic (exact) mass is 289 g/mol. The van der Waals surface area contributed by atoms with Crippen molar-refractivity contribution < 1.29 is 5.11 Å². The first kappa shape index (κ1) is 13.7. The first-order valence-electron chi connectivity index (χ1n) is 7.19. The molecule has 0 spiro atoms. The van der Waals surface area contributed by atoms with E-state index in [0.717, 1.165) is 19.4 Å². The highest BCUT2D eigenvalue weighted by molar-refractivity contribution is 5.42. The van der Waals surface area contributed by atoms with Crippen LogP contribution in [0.4, 0.5) is 11.9 Å². The van der Waals surface area contributed by atoms with E-state index >= 15 is 0 Å². The fourth-order valence-electron chi connectivity index (χ4n) is 2.15. The Hall–Kier alpha value is -2.22. The van der Waals surface area contributed by atoms with Crippen molar-refractivity contribution in [1.82, 2.24) is 24.7 Å². The van der Waals surface area contributed by atoms with E-state index in [2.05, 4.69) is 25.4 Å². The minimum atomic E-state index is 0.0792. The predicted octanol–water partition coefficient (Wildman–Crippen LogP) is 0.450. The summed E-state index contributed by atoms with van der Waals surface area (Å²) in [7, 11) is 0. The molecule has 0 bridgehead atoms. The standard InChI is InChI=1S/C13H19N7O/c1-2-14-11-16-12(19(8-9-21)10-4-5-10)18-13(17-11)20-7-3-6-15-20/h3,6-7,10,21H,2,4-5,8-9H2,1H3,(H,14,16,17,18). The number of aromatic nitrogens is 5. The van der Waals surface area contributed by atoms with Gasteiger partial charge in [-0.3, -0.25) is 0 Å². The number of rotatable bonds is 7. The van der Waals surface area contributed by atoms with Gasteiger partial charge in [0.15, 0.2) is 0 Å². The number of nitrogens with zero attached hydrogens (tertiary/aromatic N) is 6. The average molecular weight is 289 g/mol. The molecule has 21 heavy (non-hydrogen) atoms. The number of hydrogen-bond donors (Lipinski definition) is 2. The van der Waals surface area contributed by atoms with Crippen molar-refractivity contribution in [3.63, 3.8) is 0 Å². The molecule has 2 N–H and O–H groups in total. The van der Waals surface area contributed by atoms with Crippen LogP contribution in [-0.4, -0.2) is 55.6 Å². The van der Waals surface area contributed by atoms with Gasteiger partial charge in [-0.25, -0.2) is 4.68 Å². The van der Waals surface area contributed by atoms with E-state index in [-0.39, 0.29) is 6.61 Å². The third-order valence-electron chi connectivity index (χ3n) is 3.24. The predicted molar refractivity (Wildman–Crippen MR) is 78.6 cm³/mol. The SMILES string of the molecule is CCNc1nc(N(CCO)C2CC2)nc(-n2cccn2)n1. The Labute approximate surface area is 122 Å². The summed E-state index contributed by atoms with van der Waals surface area (Å²) in [6.45, 7) is 3.32. The Balaban J connectivity index is 1.97. The van der Waals surface area contributed by atoms with Crippen LogP contribution in [0.2, 0.25) is 0 Å². The van der Waals surface area contributed by atoms with Gasteiger partial charge in [0.1, 0.15) is 0 Å². The van der Waals surface area contributed by atoms with Gasteiger partial charge in [0.05, 0.1) is 6.61 Å². The maximum Gasteiger partial charge on any atom is 0.257 e. The van der Waals surface area contributed by atoms with Crippen LogP contribution in [0, 0.1) is 0 Å². The summed E-state index contributed by atoms with van der Waals surface area (Å²) >= 11 is 0. The molecule has 1 aliphatic rings. The Morgan fingerprint density at radius 1 is 1.38 bits per heavy atom. The van der Waals surface area contributed by atoms with E-state index in [0.29, 0.717) is 30.4 Å². The highest BCUT2D eigenvalue weighted by Gasteiger charge is 2.31. The lowest BCUT2D eigenvalue weighted by Gasteiger charge is -2.21. The van der Waals surface area contributed by atoms with Crippen LogP contribution in [0.15, 0.2) is 18.5 Å². The number of hydrogen-bond acceptors (Lipinski definition) is 7. The molecule has 112 valence electrons. The quantitative estimate of drug-likeness (QED) is 0.764. The van der Waals surface area contributed by atoms with Crippen molar-refractivity contribution in [3.8, 4) is 5.95 Å². The molecule has 0 unspecified atom stereocenters. The van der Waals surface area contributed by atoms with Crippen molar-refractivity contribution in [2.24, 2.45) is 0 Å². The Kier molecular flexibility index (Phi) is 3.96. The van der Waals surface area contributed by atoms with Gasteiger partial charge < -0.3 is 15.3 Å². The van der Waals surface area contributed by atoms with Gasteiger partial charge in [-0.05, 0) is 25.8 Å². The summed E-state index contributed by atoms with van der Waals surface area (Å²) in [5.74, 6) is 1.59. The summed E-state index contributed by atoms with van der Waals surface area (Å²) in [4.78, 5) is 15.3. The number of aliphatic hydroxyl groups excluding tert-OH is 1. The van der Waals surface area contributed by atoms with Gasteiger partial charge in [-0.2, -0.15) is 20.1 Å². The van der Waals surface area contributed by atoms with E-state index in [1.165, 1.54) is 0 Å².